The van der Waals surface area contributed by atoms with Crippen LogP contribution < -0.4 is 15.0 Å². The van der Waals surface area contributed by atoms with Crippen molar-refractivity contribution in [1.82, 2.24) is 25.1 Å². The maximum absolute atomic E-state index is 5.53. The number of ether oxygens (including phenoxy) is 1. The minimum Gasteiger partial charge on any atom is -0.497 e. The molecule has 7 heteroatoms. The largest absolute Gasteiger partial charge is 0.497 e. The van der Waals surface area contributed by atoms with E-state index in [1.807, 2.05) is 31.6 Å². The highest BCUT2D eigenvalue weighted by Crippen LogP contribution is 2.31. The minimum atomic E-state index is 0.424. The second-order valence-electron chi connectivity index (χ2n) is 8.30. The van der Waals surface area contributed by atoms with Crippen molar-refractivity contribution in [2.45, 2.75) is 26.8 Å². The van der Waals surface area contributed by atoms with Gasteiger partial charge in [0, 0.05) is 55.4 Å². The zero-order chi connectivity index (χ0) is 22.7. The molecule has 0 saturated heterocycles. The standard InChI is InChI=1S/C25H30N6O/c1-17(2)26-8-9-31(21-10-18(3)11-22(12-21)32-5)20-6-7-23-24(13-20)29-25(15-27-23)19-14-28-30(4)16-19/h6-7,10-17,26H,8-9H2,1-5H3. The second kappa shape index (κ2) is 9.36. The van der Waals surface area contributed by atoms with E-state index < -0.39 is 0 Å². The van der Waals surface area contributed by atoms with E-state index in [2.05, 4.69) is 65.3 Å². The van der Waals surface area contributed by atoms with Gasteiger partial charge in [0.1, 0.15) is 5.75 Å². The lowest BCUT2D eigenvalue weighted by Gasteiger charge is -2.27. The lowest BCUT2D eigenvalue weighted by Crippen LogP contribution is -2.32. The first-order chi connectivity index (χ1) is 15.4. The Labute approximate surface area is 189 Å². The van der Waals surface area contributed by atoms with Gasteiger partial charge in [-0.3, -0.25) is 9.67 Å². The van der Waals surface area contributed by atoms with Crippen molar-refractivity contribution < 1.29 is 4.74 Å². The van der Waals surface area contributed by atoms with Crippen molar-refractivity contribution in [1.29, 1.82) is 0 Å². The van der Waals surface area contributed by atoms with E-state index in [0.29, 0.717) is 6.04 Å². The highest BCUT2D eigenvalue weighted by atomic mass is 16.5. The molecule has 0 bridgehead atoms. The van der Waals surface area contributed by atoms with Crippen molar-refractivity contribution in [3.8, 4) is 17.0 Å². The molecule has 2 heterocycles. The van der Waals surface area contributed by atoms with Crippen LogP contribution in [0, 0.1) is 6.92 Å². The first-order valence-corrected chi connectivity index (χ1v) is 10.9. The summed E-state index contributed by atoms with van der Waals surface area (Å²) in [4.78, 5) is 11.8. The lowest BCUT2D eigenvalue weighted by atomic mass is 10.1. The smallest absolute Gasteiger partial charge is 0.121 e. The molecule has 0 aliphatic rings. The maximum atomic E-state index is 5.53. The molecule has 7 nitrogen and oxygen atoms in total. The van der Waals surface area contributed by atoms with Gasteiger partial charge in [0.2, 0.25) is 0 Å². The summed E-state index contributed by atoms with van der Waals surface area (Å²) in [6.45, 7) is 8.07. The van der Waals surface area contributed by atoms with E-state index in [1.165, 1.54) is 0 Å². The fraction of sp³-hybridized carbons (Fsp3) is 0.320. The molecule has 166 valence electrons. The Morgan fingerprint density at radius 3 is 2.62 bits per heavy atom. The number of methoxy groups -OCH3 is 1. The summed E-state index contributed by atoms with van der Waals surface area (Å²) >= 11 is 0. The molecule has 1 N–H and O–H groups in total. The van der Waals surface area contributed by atoms with Crippen LogP contribution in [0.15, 0.2) is 55.0 Å². The zero-order valence-corrected chi connectivity index (χ0v) is 19.3. The van der Waals surface area contributed by atoms with Crippen LogP contribution in [-0.4, -0.2) is 46.0 Å². The lowest BCUT2D eigenvalue weighted by molar-refractivity contribution is 0.414. The van der Waals surface area contributed by atoms with Gasteiger partial charge in [-0.2, -0.15) is 5.10 Å². The van der Waals surface area contributed by atoms with Crippen LogP contribution in [0.3, 0.4) is 0 Å². The van der Waals surface area contributed by atoms with E-state index in [1.54, 1.807) is 18.0 Å². The number of benzene rings is 2. The Kier molecular flexibility index (Phi) is 6.37. The fourth-order valence-electron chi connectivity index (χ4n) is 3.73. The summed E-state index contributed by atoms with van der Waals surface area (Å²) in [7, 11) is 3.60. The molecule has 4 rings (SSSR count). The van der Waals surface area contributed by atoms with Gasteiger partial charge >= 0.3 is 0 Å². The Morgan fingerprint density at radius 1 is 1.06 bits per heavy atom. The molecule has 2 aromatic carbocycles. The molecule has 0 spiro atoms. The quantitative estimate of drug-likeness (QED) is 0.444. The van der Waals surface area contributed by atoms with E-state index in [9.17, 15) is 0 Å². The fourth-order valence-corrected chi connectivity index (χ4v) is 3.73. The summed E-state index contributed by atoms with van der Waals surface area (Å²) in [5.74, 6) is 0.848. The zero-order valence-electron chi connectivity index (χ0n) is 19.3. The number of fused-ring (bicyclic) bond motifs is 1. The van der Waals surface area contributed by atoms with Crippen molar-refractivity contribution in [2.24, 2.45) is 7.05 Å². The first kappa shape index (κ1) is 21.8. The Hall–Kier alpha value is -3.45. The maximum Gasteiger partial charge on any atom is 0.121 e. The van der Waals surface area contributed by atoms with Crippen molar-refractivity contribution in [3.05, 3.63) is 60.6 Å². The highest BCUT2D eigenvalue weighted by molar-refractivity contribution is 5.82. The molecule has 4 aromatic rings. The minimum absolute atomic E-state index is 0.424. The van der Waals surface area contributed by atoms with Crippen LogP contribution in [0.25, 0.3) is 22.3 Å². The normalized spacial score (nSPS) is 11.3. The van der Waals surface area contributed by atoms with Gasteiger partial charge in [0.05, 0.1) is 36.2 Å². The molecule has 0 radical (unpaired) electrons. The van der Waals surface area contributed by atoms with Crippen LogP contribution in [0.5, 0.6) is 5.75 Å². The second-order valence-corrected chi connectivity index (χ2v) is 8.30. The summed E-state index contributed by atoms with van der Waals surface area (Å²) in [6.07, 6.45) is 5.56. The highest BCUT2D eigenvalue weighted by Gasteiger charge is 2.14. The van der Waals surface area contributed by atoms with Gasteiger partial charge < -0.3 is 15.0 Å². The van der Waals surface area contributed by atoms with Gasteiger partial charge in [-0.1, -0.05) is 13.8 Å². The van der Waals surface area contributed by atoms with Crippen LogP contribution >= 0.6 is 0 Å². The van der Waals surface area contributed by atoms with Crippen LogP contribution in [0.4, 0.5) is 11.4 Å². The summed E-state index contributed by atoms with van der Waals surface area (Å²) in [5.41, 5.74) is 6.78. The van der Waals surface area contributed by atoms with Crippen molar-refractivity contribution in [2.75, 3.05) is 25.1 Å². The molecule has 32 heavy (non-hydrogen) atoms. The number of nitrogens with one attached hydrogen (secondary N) is 1. The third-order valence-electron chi connectivity index (χ3n) is 5.31. The van der Waals surface area contributed by atoms with Crippen LogP contribution in [0.2, 0.25) is 0 Å². The molecule has 2 aromatic heterocycles. The molecule has 0 fully saturated rings. The number of hydrogen-bond donors (Lipinski definition) is 1. The first-order valence-electron chi connectivity index (χ1n) is 10.9. The topological polar surface area (TPSA) is 68.1 Å². The molecule has 0 aliphatic carbocycles. The third kappa shape index (κ3) is 4.89. The third-order valence-corrected chi connectivity index (χ3v) is 5.31. The summed E-state index contributed by atoms with van der Waals surface area (Å²) < 4.78 is 7.30. The predicted molar refractivity (Wildman–Crippen MR) is 130 cm³/mol. The Balaban J connectivity index is 1.75. The van der Waals surface area contributed by atoms with Crippen molar-refractivity contribution in [3.63, 3.8) is 0 Å². The van der Waals surface area contributed by atoms with Crippen LogP contribution in [0.1, 0.15) is 19.4 Å². The molecular weight excluding hydrogens is 400 g/mol. The van der Waals surface area contributed by atoms with Gasteiger partial charge in [-0.25, -0.2) is 4.98 Å². The summed E-state index contributed by atoms with van der Waals surface area (Å²) in [6, 6.07) is 13.0. The summed E-state index contributed by atoms with van der Waals surface area (Å²) in [5, 5.41) is 7.77. The van der Waals surface area contributed by atoms with E-state index in [4.69, 9.17) is 9.72 Å². The van der Waals surface area contributed by atoms with E-state index >= 15 is 0 Å². The van der Waals surface area contributed by atoms with Crippen LogP contribution in [-0.2, 0) is 7.05 Å². The molecule has 0 amide bonds. The van der Waals surface area contributed by atoms with Crippen molar-refractivity contribution >= 4 is 22.4 Å². The van der Waals surface area contributed by atoms with Gasteiger partial charge in [-0.05, 0) is 42.8 Å². The van der Waals surface area contributed by atoms with Gasteiger partial charge in [0.15, 0.2) is 0 Å². The SMILES string of the molecule is COc1cc(C)cc(N(CCNC(C)C)c2ccc3ncc(-c4cnn(C)c4)nc3c2)c1. The molecule has 0 saturated carbocycles. The number of rotatable bonds is 8. The molecular formula is C25H30N6O. The number of anilines is 2. The molecule has 0 aliphatic heterocycles. The number of hydrogen-bond acceptors (Lipinski definition) is 6. The number of aromatic nitrogens is 4. The Morgan fingerprint density at radius 2 is 1.91 bits per heavy atom. The molecule has 0 unspecified atom stereocenters. The van der Waals surface area contributed by atoms with Gasteiger partial charge in [0.25, 0.3) is 0 Å². The predicted octanol–water partition coefficient (Wildman–Crippen LogP) is 4.48. The average molecular weight is 431 g/mol. The monoisotopic (exact) mass is 430 g/mol. The van der Waals surface area contributed by atoms with Gasteiger partial charge in [-0.15, -0.1) is 0 Å². The number of nitrogens with zero attached hydrogens (tertiary/aromatic N) is 5. The molecule has 0 atom stereocenters. The Bertz CT molecular complexity index is 1220. The number of aryl methyl sites for hydroxylation is 2. The van der Waals surface area contributed by atoms with E-state index in [0.717, 1.165) is 58.1 Å². The van der Waals surface area contributed by atoms with E-state index in [-0.39, 0.29) is 0 Å². The average Bonchev–Trinajstić information content (AvgIpc) is 3.21.